The molecule has 132 valence electrons. The summed E-state index contributed by atoms with van der Waals surface area (Å²) in [5.74, 6) is 0.762. The number of anilines is 3. The summed E-state index contributed by atoms with van der Waals surface area (Å²) in [6.07, 6.45) is 3.78. The van der Waals surface area contributed by atoms with E-state index in [-0.39, 0.29) is 5.76 Å². The van der Waals surface area contributed by atoms with Crippen LogP contribution in [0.5, 0.6) is 0 Å². The molecule has 8 heteroatoms. The van der Waals surface area contributed by atoms with Crippen LogP contribution >= 0.6 is 0 Å². The number of carbonyl (C=O) groups is 1. The van der Waals surface area contributed by atoms with Crippen LogP contribution in [-0.4, -0.2) is 22.4 Å². The Hall–Kier alpha value is -3.55. The monoisotopic (exact) mass is 350 g/mol. The van der Waals surface area contributed by atoms with Gasteiger partial charge in [0.15, 0.2) is 17.4 Å². The minimum atomic E-state index is -0.415. The molecule has 4 N–H and O–H groups in total. The van der Waals surface area contributed by atoms with Crippen molar-refractivity contribution in [2.45, 2.75) is 13.0 Å². The normalized spacial score (nSPS) is 13.2. The van der Waals surface area contributed by atoms with Crippen molar-refractivity contribution >= 4 is 23.2 Å². The van der Waals surface area contributed by atoms with Crippen LogP contribution in [0.15, 0.2) is 53.4 Å². The van der Waals surface area contributed by atoms with Gasteiger partial charge in [-0.2, -0.15) is 0 Å². The van der Waals surface area contributed by atoms with Crippen molar-refractivity contribution in [2.24, 2.45) is 0 Å². The van der Waals surface area contributed by atoms with E-state index < -0.39 is 5.91 Å². The van der Waals surface area contributed by atoms with Gasteiger partial charge in [-0.3, -0.25) is 15.6 Å². The number of hydrazine groups is 1. The third kappa shape index (κ3) is 3.04. The van der Waals surface area contributed by atoms with Crippen LogP contribution in [0.25, 0.3) is 0 Å². The zero-order chi connectivity index (χ0) is 17.9. The van der Waals surface area contributed by atoms with E-state index in [1.54, 1.807) is 12.1 Å². The second kappa shape index (κ2) is 6.75. The second-order valence-electron chi connectivity index (χ2n) is 5.96. The van der Waals surface area contributed by atoms with Crippen molar-refractivity contribution in [3.05, 3.63) is 65.9 Å². The summed E-state index contributed by atoms with van der Waals surface area (Å²) in [6, 6.07) is 11.5. The Bertz CT molecular complexity index is 925. The molecule has 0 bridgehead atoms. The number of nitrogen functional groups attached to an aromatic ring is 1. The average Bonchev–Trinajstić information content (AvgIpc) is 3.21. The number of hydrogen-bond acceptors (Lipinski definition) is 7. The maximum Gasteiger partial charge on any atom is 0.305 e. The van der Waals surface area contributed by atoms with E-state index in [4.69, 9.17) is 10.2 Å². The molecule has 0 saturated heterocycles. The number of nitrogens with one attached hydrogen (secondary N) is 2. The maximum atomic E-state index is 12.0. The molecule has 1 aliphatic heterocycles. The molecule has 0 spiro atoms. The van der Waals surface area contributed by atoms with Crippen LogP contribution in [0.2, 0.25) is 0 Å². The van der Waals surface area contributed by atoms with Crippen LogP contribution in [0, 0.1) is 0 Å². The van der Waals surface area contributed by atoms with Crippen LogP contribution in [-0.2, 0) is 13.0 Å². The second-order valence-corrected chi connectivity index (χ2v) is 5.96. The number of amides is 1. The van der Waals surface area contributed by atoms with Crippen LogP contribution < -0.4 is 21.5 Å². The first kappa shape index (κ1) is 15.9. The third-order valence-corrected chi connectivity index (χ3v) is 4.33. The van der Waals surface area contributed by atoms with Crippen LogP contribution in [0.3, 0.4) is 0 Å². The van der Waals surface area contributed by atoms with Gasteiger partial charge in [0.05, 0.1) is 6.26 Å². The molecular weight excluding hydrogens is 332 g/mol. The Morgan fingerprint density at radius 1 is 1.15 bits per heavy atom. The Morgan fingerprint density at radius 3 is 2.81 bits per heavy atom. The average molecular weight is 350 g/mol. The molecule has 1 amide bonds. The first-order chi connectivity index (χ1) is 12.7. The van der Waals surface area contributed by atoms with E-state index >= 15 is 0 Å². The van der Waals surface area contributed by atoms with E-state index in [9.17, 15) is 4.79 Å². The summed E-state index contributed by atoms with van der Waals surface area (Å²) in [6.45, 7) is 1.55. The summed E-state index contributed by atoms with van der Waals surface area (Å²) >= 11 is 0. The lowest BCUT2D eigenvalue weighted by Crippen LogP contribution is -2.33. The molecule has 3 heterocycles. The van der Waals surface area contributed by atoms with Crippen molar-refractivity contribution < 1.29 is 9.21 Å². The molecule has 26 heavy (non-hydrogen) atoms. The molecule has 3 aromatic rings. The molecule has 0 radical (unpaired) electrons. The van der Waals surface area contributed by atoms with Gasteiger partial charge in [0.25, 0.3) is 0 Å². The van der Waals surface area contributed by atoms with Crippen molar-refractivity contribution in [3.63, 3.8) is 0 Å². The Balaban J connectivity index is 1.50. The molecular formula is C18H18N6O2. The van der Waals surface area contributed by atoms with Gasteiger partial charge in [-0.25, -0.2) is 9.97 Å². The number of furan rings is 1. The smallest absolute Gasteiger partial charge is 0.305 e. The summed E-state index contributed by atoms with van der Waals surface area (Å²) in [4.78, 5) is 22.5. The molecule has 1 aliphatic rings. The van der Waals surface area contributed by atoms with E-state index in [1.165, 1.54) is 23.7 Å². The summed E-state index contributed by atoms with van der Waals surface area (Å²) in [5.41, 5.74) is 14.5. The zero-order valence-corrected chi connectivity index (χ0v) is 14.0. The Labute approximate surface area is 150 Å². The third-order valence-electron chi connectivity index (χ3n) is 4.33. The Morgan fingerprint density at radius 2 is 2.00 bits per heavy atom. The minimum absolute atomic E-state index is 0.193. The number of carbonyl (C=O) groups excluding carboxylic acids is 1. The van der Waals surface area contributed by atoms with Gasteiger partial charge in [0, 0.05) is 13.1 Å². The molecule has 0 atom stereocenters. The van der Waals surface area contributed by atoms with Gasteiger partial charge in [-0.05, 0) is 29.7 Å². The van der Waals surface area contributed by atoms with Crippen LogP contribution in [0.1, 0.15) is 21.7 Å². The fraction of sp³-hybridized carbons (Fsp3) is 0.167. The quantitative estimate of drug-likeness (QED) is 0.617. The molecule has 1 aromatic carbocycles. The predicted molar refractivity (Wildman–Crippen MR) is 97.4 cm³/mol. The highest BCUT2D eigenvalue weighted by atomic mass is 16.3. The van der Waals surface area contributed by atoms with Gasteiger partial charge < -0.3 is 15.1 Å². The number of fused-ring (bicyclic) bond motifs is 1. The lowest BCUT2D eigenvalue weighted by atomic mass is 10.00. The molecule has 0 saturated carbocycles. The highest BCUT2D eigenvalue weighted by Gasteiger charge is 2.21. The summed E-state index contributed by atoms with van der Waals surface area (Å²) in [7, 11) is 0. The molecule has 0 aliphatic carbocycles. The number of aromatic nitrogens is 2. The SMILES string of the molecule is Nc1c(NNC(=O)c2ccco2)ncnc1N1CCc2ccccc2C1. The number of benzene rings is 1. The Kier molecular flexibility index (Phi) is 4.14. The minimum Gasteiger partial charge on any atom is -0.459 e. The number of rotatable bonds is 4. The number of hydrogen-bond donors (Lipinski definition) is 3. The molecule has 0 unspecified atom stereocenters. The van der Waals surface area contributed by atoms with Gasteiger partial charge >= 0.3 is 5.91 Å². The van der Waals surface area contributed by atoms with Gasteiger partial charge in [-0.1, -0.05) is 24.3 Å². The highest BCUT2D eigenvalue weighted by molar-refractivity contribution is 5.92. The first-order valence-corrected chi connectivity index (χ1v) is 8.24. The van der Waals surface area contributed by atoms with E-state index in [2.05, 4.69) is 43.9 Å². The van der Waals surface area contributed by atoms with E-state index in [0.717, 1.165) is 19.5 Å². The number of nitrogens with zero attached hydrogens (tertiary/aromatic N) is 3. The maximum absolute atomic E-state index is 12.0. The van der Waals surface area contributed by atoms with Crippen molar-refractivity contribution in [2.75, 3.05) is 22.6 Å². The van der Waals surface area contributed by atoms with Gasteiger partial charge in [0.2, 0.25) is 0 Å². The lowest BCUT2D eigenvalue weighted by molar-refractivity contribution is 0.0935. The van der Waals surface area contributed by atoms with E-state index in [0.29, 0.717) is 17.3 Å². The molecule has 0 fully saturated rings. The van der Waals surface area contributed by atoms with Gasteiger partial charge in [0.1, 0.15) is 12.0 Å². The van der Waals surface area contributed by atoms with Crippen molar-refractivity contribution in [3.8, 4) is 0 Å². The van der Waals surface area contributed by atoms with Crippen molar-refractivity contribution in [1.82, 2.24) is 15.4 Å². The van der Waals surface area contributed by atoms with Gasteiger partial charge in [-0.15, -0.1) is 0 Å². The van der Waals surface area contributed by atoms with Crippen molar-refractivity contribution in [1.29, 1.82) is 0 Å². The molecule has 2 aromatic heterocycles. The largest absolute Gasteiger partial charge is 0.459 e. The summed E-state index contributed by atoms with van der Waals surface area (Å²) in [5, 5.41) is 0. The fourth-order valence-corrected chi connectivity index (χ4v) is 3.00. The topological polar surface area (TPSA) is 109 Å². The molecule has 8 nitrogen and oxygen atoms in total. The van der Waals surface area contributed by atoms with E-state index in [1.807, 2.05) is 6.07 Å². The first-order valence-electron chi connectivity index (χ1n) is 8.24. The summed E-state index contributed by atoms with van der Waals surface area (Å²) < 4.78 is 5.04. The standard InChI is InChI=1S/C18H18N6O2/c19-15-16(22-23-18(25)14-6-3-9-26-14)20-11-21-17(15)24-8-7-12-4-1-2-5-13(12)10-24/h1-6,9,11H,7-8,10,19H2,(H,23,25)(H,20,21,22). The number of nitrogens with two attached hydrogens (primary N) is 1. The molecule has 4 rings (SSSR count). The lowest BCUT2D eigenvalue weighted by Gasteiger charge is -2.30. The zero-order valence-electron chi connectivity index (χ0n) is 14.0. The fourth-order valence-electron chi connectivity index (χ4n) is 3.00. The van der Waals surface area contributed by atoms with Crippen LogP contribution in [0.4, 0.5) is 17.3 Å². The predicted octanol–water partition coefficient (Wildman–Crippen LogP) is 1.97. The highest BCUT2D eigenvalue weighted by Crippen LogP contribution is 2.30.